The summed E-state index contributed by atoms with van der Waals surface area (Å²) in [5.74, 6) is -0.0276. The van der Waals surface area contributed by atoms with Gasteiger partial charge in [-0.2, -0.15) is 0 Å². The van der Waals surface area contributed by atoms with Crippen LogP contribution in [0.4, 0.5) is 0 Å². The van der Waals surface area contributed by atoms with E-state index >= 15 is 0 Å². The van der Waals surface area contributed by atoms with Gasteiger partial charge in [-0.3, -0.25) is 4.79 Å². The summed E-state index contributed by atoms with van der Waals surface area (Å²) in [6, 6.07) is 7.74. The Bertz CT molecular complexity index is 335. The van der Waals surface area contributed by atoms with Gasteiger partial charge in [0.1, 0.15) is 0 Å². The van der Waals surface area contributed by atoms with Crippen molar-refractivity contribution in [1.29, 1.82) is 0 Å². The molecule has 0 aliphatic rings. The molecule has 1 amide bonds. The Labute approximate surface area is 95.8 Å². The first-order chi connectivity index (χ1) is 7.63. The average molecular weight is 222 g/mol. The summed E-state index contributed by atoms with van der Waals surface area (Å²) >= 11 is 0. The summed E-state index contributed by atoms with van der Waals surface area (Å²) in [5, 5.41) is 2.74. The number of benzene rings is 1. The minimum absolute atomic E-state index is 0.0276. The van der Waals surface area contributed by atoms with Crippen molar-refractivity contribution < 1.29 is 9.53 Å². The molecule has 0 fully saturated rings. The second kappa shape index (κ2) is 6.25. The van der Waals surface area contributed by atoms with Crippen LogP contribution in [0, 0.1) is 0 Å². The third kappa shape index (κ3) is 4.00. The highest BCUT2D eigenvalue weighted by Crippen LogP contribution is 2.11. The van der Waals surface area contributed by atoms with E-state index in [4.69, 9.17) is 10.5 Å². The SMILES string of the molecule is COCC(N)c1ccc(CNC(C)=O)cc1. The molecule has 0 aliphatic carbocycles. The average Bonchev–Trinajstić information content (AvgIpc) is 2.27. The van der Waals surface area contributed by atoms with Crippen LogP contribution >= 0.6 is 0 Å². The maximum atomic E-state index is 10.7. The van der Waals surface area contributed by atoms with E-state index in [2.05, 4.69) is 5.32 Å². The summed E-state index contributed by atoms with van der Waals surface area (Å²) in [7, 11) is 1.63. The first kappa shape index (κ1) is 12.7. The van der Waals surface area contributed by atoms with E-state index in [1.165, 1.54) is 6.92 Å². The lowest BCUT2D eigenvalue weighted by Crippen LogP contribution is -2.19. The lowest BCUT2D eigenvalue weighted by atomic mass is 10.1. The van der Waals surface area contributed by atoms with Gasteiger partial charge in [-0.15, -0.1) is 0 Å². The Hall–Kier alpha value is -1.39. The van der Waals surface area contributed by atoms with Gasteiger partial charge in [0.2, 0.25) is 5.91 Å². The maximum absolute atomic E-state index is 10.7. The predicted octanol–water partition coefficient (Wildman–Crippen LogP) is 0.969. The molecule has 1 atom stereocenters. The van der Waals surface area contributed by atoms with E-state index in [0.717, 1.165) is 11.1 Å². The summed E-state index contributed by atoms with van der Waals surface area (Å²) < 4.78 is 4.99. The molecule has 0 spiro atoms. The number of amides is 1. The van der Waals surface area contributed by atoms with Crippen molar-refractivity contribution in [3.05, 3.63) is 35.4 Å². The largest absolute Gasteiger partial charge is 0.383 e. The Kier molecular flexibility index (Phi) is 4.95. The highest BCUT2D eigenvalue weighted by atomic mass is 16.5. The number of ether oxygens (including phenoxy) is 1. The summed E-state index contributed by atoms with van der Waals surface area (Å²) in [4.78, 5) is 10.7. The van der Waals surface area contributed by atoms with E-state index in [9.17, 15) is 4.79 Å². The fourth-order valence-electron chi connectivity index (χ4n) is 1.39. The van der Waals surface area contributed by atoms with Crippen molar-refractivity contribution in [3.8, 4) is 0 Å². The molecule has 3 N–H and O–H groups in total. The quantitative estimate of drug-likeness (QED) is 0.780. The lowest BCUT2D eigenvalue weighted by Gasteiger charge is -2.11. The van der Waals surface area contributed by atoms with Gasteiger partial charge in [-0.05, 0) is 11.1 Å². The molecule has 4 nitrogen and oxygen atoms in total. The van der Waals surface area contributed by atoms with E-state index in [1.807, 2.05) is 24.3 Å². The van der Waals surface area contributed by atoms with Gasteiger partial charge in [-0.25, -0.2) is 0 Å². The van der Waals surface area contributed by atoms with E-state index < -0.39 is 0 Å². The summed E-state index contributed by atoms with van der Waals surface area (Å²) in [6.07, 6.45) is 0. The zero-order valence-electron chi connectivity index (χ0n) is 9.69. The minimum Gasteiger partial charge on any atom is -0.383 e. The molecule has 1 unspecified atom stereocenters. The number of hydrogen-bond acceptors (Lipinski definition) is 3. The predicted molar refractivity (Wildman–Crippen MR) is 62.8 cm³/mol. The van der Waals surface area contributed by atoms with Crippen LogP contribution in [-0.4, -0.2) is 19.6 Å². The molecule has 88 valence electrons. The number of hydrogen-bond donors (Lipinski definition) is 2. The number of methoxy groups -OCH3 is 1. The first-order valence-corrected chi connectivity index (χ1v) is 5.21. The van der Waals surface area contributed by atoms with E-state index in [0.29, 0.717) is 13.2 Å². The molecule has 1 aromatic rings. The highest BCUT2D eigenvalue weighted by molar-refractivity contribution is 5.72. The van der Waals surface area contributed by atoms with E-state index in [1.54, 1.807) is 7.11 Å². The van der Waals surface area contributed by atoms with Crippen LogP contribution in [0.2, 0.25) is 0 Å². The van der Waals surface area contributed by atoms with Crippen molar-refractivity contribution in [1.82, 2.24) is 5.32 Å². The number of nitrogens with two attached hydrogens (primary N) is 1. The van der Waals surface area contributed by atoms with Crippen molar-refractivity contribution in [2.45, 2.75) is 19.5 Å². The summed E-state index contributed by atoms with van der Waals surface area (Å²) in [5.41, 5.74) is 7.98. The number of rotatable bonds is 5. The van der Waals surface area contributed by atoms with Crippen LogP contribution in [0.25, 0.3) is 0 Å². The fourth-order valence-corrected chi connectivity index (χ4v) is 1.39. The van der Waals surface area contributed by atoms with Crippen LogP contribution in [0.5, 0.6) is 0 Å². The number of nitrogens with one attached hydrogen (secondary N) is 1. The molecule has 0 heterocycles. The first-order valence-electron chi connectivity index (χ1n) is 5.21. The molecular formula is C12H18N2O2. The Morgan fingerprint density at radius 2 is 2.06 bits per heavy atom. The van der Waals surface area contributed by atoms with Crippen molar-refractivity contribution in [2.24, 2.45) is 5.73 Å². The number of carbonyl (C=O) groups excluding carboxylic acids is 1. The molecule has 4 heteroatoms. The van der Waals surface area contributed by atoms with Crippen molar-refractivity contribution in [3.63, 3.8) is 0 Å². The number of carbonyl (C=O) groups is 1. The molecular weight excluding hydrogens is 204 g/mol. The fraction of sp³-hybridized carbons (Fsp3) is 0.417. The third-order valence-electron chi connectivity index (χ3n) is 2.30. The van der Waals surface area contributed by atoms with Gasteiger partial charge in [0.05, 0.1) is 12.6 Å². The molecule has 0 bridgehead atoms. The molecule has 0 aliphatic heterocycles. The topological polar surface area (TPSA) is 64.3 Å². The van der Waals surface area contributed by atoms with Crippen LogP contribution in [0.3, 0.4) is 0 Å². The smallest absolute Gasteiger partial charge is 0.217 e. The zero-order chi connectivity index (χ0) is 12.0. The molecule has 1 rings (SSSR count). The second-order valence-electron chi connectivity index (χ2n) is 3.71. The van der Waals surface area contributed by atoms with E-state index in [-0.39, 0.29) is 11.9 Å². The standard InChI is InChI=1S/C12H18N2O2/c1-9(15)14-7-10-3-5-11(6-4-10)12(13)8-16-2/h3-6,12H,7-8,13H2,1-2H3,(H,14,15). The third-order valence-corrected chi connectivity index (χ3v) is 2.30. The molecule has 1 aromatic carbocycles. The van der Waals surface area contributed by atoms with Crippen LogP contribution in [0.15, 0.2) is 24.3 Å². The van der Waals surface area contributed by atoms with Crippen LogP contribution in [-0.2, 0) is 16.1 Å². The van der Waals surface area contributed by atoms with Gasteiger partial charge in [-0.1, -0.05) is 24.3 Å². The molecule has 0 saturated heterocycles. The Balaban J connectivity index is 2.57. The van der Waals surface area contributed by atoms with Crippen LogP contribution < -0.4 is 11.1 Å². The lowest BCUT2D eigenvalue weighted by molar-refractivity contribution is -0.119. The molecule has 0 aromatic heterocycles. The maximum Gasteiger partial charge on any atom is 0.217 e. The Morgan fingerprint density at radius 3 is 2.56 bits per heavy atom. The molecule has 16 heavy (non-hydrogen) atoms. The van der Waals surface area contributed by atoms with Gasteiger partial charge in [0.15, 0.2) is 0 Å². The molecule has 0 radical (unpaired) electrons. The second-order valence-corrected chi connectivity index (χ2v) is 3.71. The Morgan fingerprint density at radius 1 is 1.44 bits per heavy atom. The van der Waals surface area contributed by atoms with Gasteiger partial charge in [0, 0.05) is 20.6 Å². The van der Waals surface area contributed by atoms with Crippen molar-refractivity contribution >= 4 is 5.91 Å². The molecule has 0 saturated carbocycles. The monoisotopic (exact) mass is 222 g/mol. The van der Waals surface area contributed by atoms with Gasteiger partial charge >= 0.3 is 0 Å². The zero-order valence-corrected chi connectivity index (χ0v) is 9.69. The van der Waals surface area contributed by atoms with Gasteiger partial charge < -0.3 is 15.8 Å². The minimum atomic E-state index is -0.0974. The summed E-state index contributed by atoms with van der Waals surface area (Å²) in [6.45, 7) is 2.56. The van der Waals surface area contributed by atoms with Gasteiger partial charge in [0.25, 0.3) is 0 Å². The van der Waals surface area contributed by atoms with Crippen LogP contribution in [0.1, 0.15) is 24.1 Å². The normalized spacial score (nSPS) is 12.2. The highest BCUT2D eigenvalue weighted by Gasteiger charge is 2.04. The van der Waals surface area contributed by atoms with Crippen molar-refractivity contribution in [2.75, 3.05) is 13.7 Å².